The van der Waals surface area contributed by atoms with Crippen molar-refractivity contribution in [3.05, 3.63) is 0 Å². The smallest absolute Gasteiger partial charge is 0.237 e. The Morgan fingerprint density at radius 1 is 1.24 bits per heavy atom. The summed E-state index contributed by atoms with van der Waals surface area (Å²) in [7, 11) is 0. The molecule has 0 aromatic heterocycles. The third kappa shape index (κ3) is 6.35. The van der Waals surface area contributed by atoms with E-state index in [-0.39, 0.29) is 12.0 Å². The number of likely N-dealkylation sites (N-methyl/N-ethyl adjacent to an activating group) is 1. The first-order valence-electron chi connectivity index (χ1n) is 8.81. The van der Waals surface area contributed by atoms with Crippen LogP contribution in [0, 0.1) is 0 Å². The fourth-order valence-electron chi connectivity index (χ4n) is 3.31. The highest BCUT2D eigenvalue weighted by Crippen LogP contribution is 2.30. The van der Waals surface area contributed by atoms with Gasteiger partial charge in [-0.2, -0.15) is 0 Å². The van der Waals surface area contributed by atoms with Crippen LogP contribution in [-0.4, -0.2) is 30.7 Å². The highest BCUT2D eigenvalue weighted by atomic mass is 16.5. The number of unbranched alkanes of at least 4 members (excludes halogenated alkanes) is 5. The van der Waals surface area contributed by atoms with Crippen molar-refractivity contribution in [2.24, 2.45) is 5.73 Å². The minimum Gasteiger partial charge on any atom is -0.378 e. The van der Waals surface area contributed by atoms with Crippen LogP contribution in [0.3, 0.4) is 0 Å². The summed E-state index contributed by atoms with van der Waals surface area (Å²) in [5, 5.41) is 3.30. The second-order valence-electron chi connectivity index (χ2n) is 6.33. The van der Waals surface area contributed by atoms with Gasteiger partial charge in [-0.3, -0.25) is 4.79 Å². The highest BCUT2D eigenvalue weighted by Gasteiger charge is 2.40. The van der Waals surface area contributed by atoms with Crippen LogP contribution < -0.4 is 11.1 Å². The molecule has 0 aliphatic heterocycles. The van der Waals surface area contributed by atoms with E-state index in [0.29, 0.717) is 0 Å². The first-order valence-corrected chi connectivity index (χ1v) is 8.81. The number of carbonyl (C=O) groups is 1. The standard InChI is InChI=1S/C17H34N2O2/c1-3-5-6-7-8-9-13-21-15-11-10-12-17(14-15,16(18)20)19-4-2/h15,19H,3-14H2,1-2H3,(H2,18,20). The van der Waals surface area contributed by atoms with Crippen LogP contribution in [0.5, 0.6) is 0 Å². The summed E-state index contributed by atoms with van der Waals surface area (Å²) in [6, 6.07) is 0. The van der Waals surface area contributed by atoms with Crippen molar-refractivity contribution in [3.8, 4) is 0 Å². The van der Waals surface area contributed by atoms with E-state index in [1.165, 1.54) is 32.1 Å². The Morgan fingerprint density at radius 2 is 1.95 bits per heavy atom. The van der Waals surface area contributed by atoms with Gasteiger partial charge in [-0.15, -0.1) is 0 Å². The number of amides is 1. The molecular formula is C17H34N2O2. The predicted molar refractivity (Wildman–Crippen MR) is 87.2 cm³/mol. The molecule has 1 saturated carbocycles. The molecule has 0 spiro atoms. The van der Waals surface area contributed by atoms with E-state index < -0.39 is 5.54 Å². The van der Waals surface area contributed by atoms with Crippen LogP contribution >= 0.6 is 0 Å². The Kier molecular flexibility index (Phi) is 8.93. The summed E-state index contributed by atoms with van der Waals surface area (Å²) in [5.41, 5.74) is 5.07. The molecule has 0 saturated heterocycles. The van der Waals surface area contributed by atoms with Gasteiger partial charge in [-0.25, -0.2) is 0 Å². The van der Waals surface area contributed by atoms with Crippen molar-refractivity contribution in [1.82, 2.24) is 5.32 Å². The predicted octanol–water partition coefficient (Wildman–Crippen LogP) is 3.14. The SMILES string of the molecule is CCCCCCCCOC1CCCC(NCC)(C(N)=O)C1. The lowest BCUT2D eigenvalue weighted by Gasteiger charge is -2.39. The molecule has 4 heteroatoms. The quantitative estimate of drug-likeness (QED) is 0.576. The number of nitrogens with one attached hydrogen (secondary N) is 1. The molecule has 2 atom stereocenters. The Balaban J connectivity index is 2.24. The molecule has 124 valence electrons. The number of nitrogens with two attached hydrogens (primary N) is 1. The van der Waals surface area contributed by atoms with Crippen molar-refractivity contribution < 1.29 is 9.53 Å². The van der Waals surface area contributed by atoms with Crippen LogP contribution in [0.2, 0.25) is 0 Å². The van der Waals surface area contributed by atoms with Gasteiger partial charge in [0.2, 0.25) is 5.91 Å². The highest BCUT2D eigenvalue weighted by molar-refractivity contribution is 5.84. The number of carbonyl (C=O) groups excluding carboxylic acids is 1. The molecule has 0 aromatic carbocycles. The zero-order valence-electron chi connectivity index (χ0n) is 14.0. The average Bonchev–Trinajstić information content (AvgIpc) is 2.47. The van der Waals surface area contributed by atoms with Gasteiger partial charge >= 0.3 is 0 Å². The van der Waals surface area contributed by atoms with Crippen molar-refractivity contribution in [2.45, 2.75) is 89.7 Å². The molecule has 21 heavy (non-hydrogen) atoms. The fourth-order valence-corrected chi connectivity index (χ4v) is 3.31. The van der Waals surface area contributed by atoms with Crippen LogP contribution in [0.25, 0.3) is 0 Å². The van der Waals surface area contributed by atoms with Gasteiger partial charge in [0.25, 0.3) is 0 Å². The van der Waals surface area contributed by atoms with Crippen molar-refractivity contribution >= 4 is 5.91 Å². The first kappa shape index (κ1) is 18.4. The van der Waals surface area contributed by atoms with Crippen LogP contribution in [-0.2, 0) is 9.53 Å². The molecule has 1 fully saturated rings. The average molecular weight is 298 g/mol. The molecule has 0 aromatic rings. The Hall–Kier alpha value is -0.610. The van der Waals surface area contributed by atoms with Gasteiger partial charge in [0, 0.05) is 13.0 Å². The third-order valence-corrected chi connectivity index (χ3v) is 4.54. The molecule has 0 heterocycles. The van der Waals surface area contributed by atoms with Gasteiger partial charge in [0.1, 0.15) is 5.54 Å². The molecule has 1 amide bonds. The molecule has 0 radical (unpaired) electrons. The number of hydrogen-bond donors (Lipinski definition) is 2. The molecular weight excluding hydrogens is 264 g/mol. The van der Waals surface area contributed by atoms with E-state index in [1.807, 2.05) is 6.92 Å². The van der Waals surface area contributed by atoms with Gasteiger partial charge in [-0.05, 0) is 32.2 Å². The molecule has 3 N–H and O–H groups in total. The lowest BCUT2D eigenvalue weighted by Crippen LogP contribution is -2.58. The van der Waals surface area contributed by atoms with E-state index in [0.717, 1.165) is 45.3 Å². The molecule has 4 nitrogen and oxygen atoms in total. The lowest BCUT2D eigenvalue weighted by molar-refractivity contribution is -0.128. The maximum Gasteiger partial charge on any atom is 0.237 e. The minimum absolute atomic E-state index is 0.181. The van der Waals surface area contributed by atoms with E-state index in [4.69, 9.17) is 10.5 Å². The summed E-state index contributed by atoms with van der Waals surface area (Å²) in [6.45, 7) is 5.85. The minimum atomic E-state index is -0.543. The zero-order chi connectivity index (χ0) is 15.6. The molecule has 2 unspecified atom stereocenters. The third-order valence-electron chi connectivity index (χ3n) is 4.54. The lowest BCUT2D eigenvalue weighted by atomic mass is 9.79. The van der Waals surface area contributed by atoms with Crippen molar-refractivity contribution in [2.75, 3.05) is 13.2 Å². The zero-order valence-corrected chi connectivity index (χ0v) is 14.0. The molecule has 1 aliphatic rings. The fraction of sp³-hybridized carbons (Fsp3) is 0.941. The number of rotatable bonds is 11. The van der Waals surface area contributed by atoms with Crippen LogP contribution in [0.1, 0.15) is 78.1 Å². The van der Waals surface area contributed by atoms with Crippen LogP contribution in [0.4, 0.5) is 0 Å². The number of primary amides is 1. The largest absolute Gasteiger partial charge is 0.378 e. The summed E-state index contributed by atoms with van der Waals surface area (Å²) in [5.74, 6) is -0.225. The summed E-state index contributed by atoms with van der Waals surface area (Å²) >= 11 is 0. The number of ether oxygens (including phenoxy) is 1. The monoisotopic (exact) mass is 298 g/mol. The van der Waals surface area contributed by atoms with E-state index in [9.17, 15) is 4.79 Å². The van der Waals surface area contributed by atoms with Gasteiger partial charge < -0.3 is 15.8 Å². The van der Waals surface area contributed by atoms with E-state index >= 15 is 0 Å². The maximum absolute atomic E-state index is 11.8. The Morgan fingerprint density at radius 3 is 2.62 bits per heavy atom. The van der Waals surface area contributed by atoms with Gasteiger partial charge in [0.05, 0.1) is 6.10 Å². The Labute approximate surface area is 130 Å². The normalized spacial score (nSPS) is 25.9. The Bertz CT molecular complexity index is 293. The molecule has 1 aliphatic carbocycles. The summed E-state index contributed by atoms with van der Waals surface area (Å²) < 4.78 is 5.99. The first-order chi connectivity index (χ1) is 10.1. The molecule has 0 bridgehead atoms. The van der Waals surface area contributed by atoms with Crippen LogP contribution in [0.15, 0.2) is 0 Å². The summed E-state index contributed by atoms with van der Waals surface area (Å²) in [6.07, 6.45) is 11.5. The van der Waals surface area contributed by atoms with E-state index in [2.05, 4.69) is 12.2 Å². The maximum atomic E-state index is 11.8. The number of hydrogen-bond acceptors (Lipinski definition) is 3. The van der Waals surface area contributed by atoms with E-state index in [1.54, 1.807) is 0 Å². The molecule has 1 rings (SSSR count). The second-order valence-corrected chi connectivity index (χ2v) is 6.33. The summed E-state index contributed by atoms with van der Waals surface area (Å²) in [4.78, 5) is 11.8. The second kappa shape index (κ2) is 10.2. The van der Waals surface area contributed by atoms with Gasteiger partial charge in [-0.1, -0.05) is 46.0 Å². The topological polar surface area (TPSA) is 64.3 Å². The van der Waals surface area contributed by atoms with Gasteiger partial charge in [0.15, 0.2) is 0 Å². The van der Waals surface area contributed by atoms with Crippen molar-refractivity contribution in [1.29, 1.82) is 0 Å². The van der Waals surface area contributed by atoms with Crippen molar-refractivity contribution in [3.63, 3.8) is 0 Å².